The van der Waals surface area contributed by atoms with Crippen LogP contribution in [0, 0.1) is 50.2 Å². The highest BCUT2D eigenvalue weighted by atomic mass is 16.8. The van der Waals surface area contributed by atoms with E-state index in [4.69, 9.17) is 37.9 Å². The van der Waals surface area contributed by atoms with Crippen LogP contribution < -0.4 is 0 Å². The molecule has 0 aromatic heterocycles. The van der Waals surface area contributed by atoms with Gasteiger partial charge in [0.2, 0.25) is 0 Å². The number of fused-ring (bicyclic) bond motifs is 7. The number of rotatable bonds is 15. The van der Waals surface area contributed by atoms with Gasteiger partial charge in [0.25, 0.3) is 0 Å². The summed E-state index contributed by atoms with van der Waals surface area (Å²) in [5, 5.41) is 144. The number of aliphatic hydroxyl groups is 12. The molecule has 0 radical (unpaired) electrons. The van der Waals surface area contributed by atoms with E-state index in [2.05, 4.69) is 26.8 Å². The zero-order valence-electron chi connectivity index (χ0n) is 48.5. The summed E-state index contributed by atoms with van der Waals surface area (Å²) in [6.45, 7) is 16.2. The van der Waals surface area contributed by atoms with Gasteiger partial charge in [-0.15, -0.1) is 0 Å². The molecule has 8 rings (SSSR count). The summed E-state index contributed by atoms with van der Waals surface area (Å²) in [7, 11) is 0. The van der Waals surface area contributed by atoms with Crippen LogP contribution in [0.15, 0.2) is 34.9 Å². The average molecular weight is 1170 g/mol. The van der Waals surface area contributed by atoms with Crippen LogP contribution in [0.25, 0.3) is 0 Å². The zero-order chi connectivity index (χ0) is 60.7. The van der Waals surface area contributed by atoms with Gasteiger partial charge < -0.3 is 104 Å². The van der Waals surface area contributed by atoms with Gasteiger partial charge in [0.1, 0.15) is 73.2 Å². The highest BCUT2D eigenvalue weighted by Gasteiger charge is 2.74. The lowest BCUT2D eigenvalue weighted by molar-refractivity contribution is -0.392. The van der Waals surface area contributed by atoms with Gasteiger partial charge in [0.05, 0.1) is 44.1 Å². The van der Waals surface area contributed by atoms with Crippen molar-refractivity contribution in [1.29, 1.82) is 0 Å². The first-order valence-electron chi connectivity index (χ1n) is 28.8. The van der Waals surface area contributed by atoms with Crippen LogP contribution in [0.4, 0.5) is 0 Å². The molecule has 3 saturated heterocycles. The molecule has 5 aliphatic carbocycles. The van der Waals surface area contributed by atoms with E-state index in [-0.39, 0.29) is 24.7 Å². The number of ether oxygens (including phenoxy) is 8. The first kappa shape index (κ1) is 64.9. The Bertz CT molecular complexity index is 2430. The Labute approximate surface area is 477 Å². The van der Waals surface area contributed by atoms with Crippen molar-refractivity contribution >= 4 is 17.9 Å². The number of carbonyl (C=O) groups is 3. The molecular weight excluding hydrogens is 1080 g/mol. The third kappa shape index (κ3) is 10.4. The Hall–Kier alpha value is -3.09. The number of aliphatic hydroxyl groups excluding tert-OH is 12. The van der Waals surface area contributed by atoms with Gasteiger partial charge in [0, 0.05) is 22.0 Å². The van der Waals surface area contributed by atoms with Crippen molar-refractivity contribution in [3.8, 4) is 0 Å². The third-order valence-corrected chi connectivity index (χ3v) is 21.7. The second kappa shape index (κ2) is 23.9. The van der Waals surface area contributed by atoms with Crippen molar-refractivity contribution in [2.24, 2.45) is 50.2 Å². The van der Waals surface area contributed by atoms with Crippen LogP contribution in [0.5, 0.6) is 0 Å². The van der Waals surface area contributed by atoms with Crippen molar-refractivity contribution in [3.63, 3.8) is 0 Å². The van der Waals surface area contributed by atoms with Crippen molar-refractivity contribution in [3.05, 3.63) is 34.9 Å². The second-order valence-electron chi connectivity index (χ2n) is 26.3. The minimum atomic E-state index is -2.18. The Morgan fingerprint density at radius 3 is 1.66 bits per heavy atom. The number of carboxylic acids is 1. The molecule has 0 amide bonds. The molecule has 0 aromatic carbocycles. The fourth-order valence-corrected chi connectivity index (χ4v) is 16.4. The Balaban J connectivity index is 1.12. The monoisotopic (exact) mass is 1170 g/mol. The van der Waals surface area contributed by atoms with Gasteiger partial charge in [-0.1, -0.05) is 65.3 Å². The largest absolute Gasteiger partial charge is 0.479 e. The molecule has 24 heteroatoms. The van der Waals surface area contributed by atoms with Gasteiger partial charge in [-0.05, 0) is 107 Å². The topological polar surface area (TPSA) is 388 Å². The summed E-state index contributed by atoms with van der Waals surface area (Å²) in [5.41, 5.74) is -3.63. The van der Waals surface area contributed by atoms with Crippen molar-refractivity contribution < 1.29 is 119 Å². The molecule has 8 aliphatic rings. The first-order valence-corrected chi connectivity index (χ1v) is 28.8. The lowest BCUT2D eigenvalue weighted by atomic mass is 9.33. The summed E-state index contributed by atoms with van der Waals surface area (Å²) in [5.74, 6) is -3.95. The van der Waals surface area contributed by atoms with Crippen LogP contribution in [0.1, 0.15) is 114 Å². The van der Waals surface area contributed by atoms with Crippen LogP contribution in [0.3, 0.4) is 0 Å². The molecule has 7 fully saturated rings. The minimum absolute atomic E-state index is 0.0973. The molecule has 466 valence electrons. The van der Waals surface area contributed by atoms with Gasteiger partial charge in [-0.25, -0.2) is 14.4 Å². The number of carboxylic acid groups (broad SMARTS) is 1. The second-order valence-corrected chi connectivity index (χ2v) is 26.3. The lowest BCUT2D eigenvalue weighted by Gasteiger charge is -2.72. The number of aliphatic carboxylic acids is 1. The number of hydrogen-bond donors (Lipinski definition) is 13. The fraction of sp³-hybridized carbons (Fsp3) is 0.845. The molecule has 0 aromatic rings. The van der Waals surface area contributed by atoms with Crippen molar-refractivity contribution in [1.82, 2.24) is 0 Å². The highest BCUT2D eigenvalue weighted by molar-refractivity contribution is 5.89. The maximum atomic E-state index is 13.8. The molecule has 82 heavy (non-hydrogen) atoms. The number of hydrogen-bond acceptors (Lipinski definition) is 23. The van der Waals surface area contributed by atoms with Crippen LogP contribution in [0.2, 0.25) is 0 Å². The summed E-state index contributed by atoms with van der Waals surface area (Å²) >= 11 is 0. The molecule has 0 bridgehead atoms. The lowest BCUT2D eigenvalue weighted by Crippen LogP contribution is -2.72. The van der Waals surface area contributed by atoms with Gasteiger partial charge in [-0.3, -0.25) is 0 Å². The van der Waals surface area contributed by atoms with Crippen LogP contribution in [-0.2, 0) is 52.3 Å². The maximum Gasteiger partial charge on any atom is 0.335 e. The third-order valence-electron chi connectivity index (χ3n) is 21.7. The van der Waals surface area contributed by atoms with E-state index in [0.29, 0.717) is 43.3 Å². The van der Waals surface area contributed by atoms with Crippen LogP contribution in [-0.4, -0.2) is 227 Å². The number of esters is 2. The summed E-state index contributed by atoms with van der Waals surface area (Å²) in [6.07, 6.45) is -25.1. The molecule has 0 spiro atoms. The molecule has 24 nitrogen and oxygen atoms in total. The zero-order valence-corrected chi connectivity index (χ0v) is 48.5. The molecule has 27 atom stereocenters. The molecule has 3 aliphatic heterocycles. The number of carbonyl (C=O) groups excluding carboxylic acids is 2. The van der Waals surface area contributed by atoms with E-state index in [1.807, 2.05) is 20.8 Å². The quantitative estimate of drug-likeness (QED) is 0.0430. The van der Waals surface area contributed by atoms with Crippen LogP contribution >= 0.6 is 0 Å². The Kier molecular flexibility index (Phi) is 18.9. The SMILES string of the molecule is C/C=C(/C)C(=O)O[C@H]1[C@H](OC(=O)/C(C)=C/C)C2(CO)C(CC1(C)C)C1=CCC3[C@@]4(C)CC[C@H](OC5OC(C(=O)O)C(OC6OC(CO)C(O)C(O)C6O)C(O)C5OC5OC(CO)C(O)C(O)C5O)C(C)(CO)C4CC[C@@]3(C)[C@]1(C)C[C@H]2O. The predicted molar refractivity (Wildman–Crippen MR) is 283 cm³/mol. The standard InChI is InChI=1S/C58H90O24/c1-11-25(3)48(73)81-45-46(82-49(74)26(4)12-2)58(24-62)28(19-53(45,5)6)27-13-14-32-54(7)17-16-34(55(8,23-61)31(54)15-18-56(32,9)57(27,10)20-33(58)63)77-52-43(79-51-40(69)38(67)36(65)30(22-60)76-51)41(70)42(44(80-52)47(71)72)78-50-39(68)37(66)35(64)29(21-59)75-50/h11-13,28-46,50-52,59-70H,14-24H2,1-10H3,(H,71,72)/b25-11-,26-12+/t28?,29?,30?,31?,32?,33-,34+,35?,36?,37?,38?,39?,40?,41?,42?,43?,44?,45+,46+,50?,51?,52?,54+,55?,56-,57-,58?/m1/s1. The summed E-state index contributed by atoms with van der Waals surface area (Å²) < 4.78 is 48.6. The molecule has 4 saturated carbocycles. The molecule has 13 N–H and O–H groups in total. The van der Waals surface area contributed by atoms with Crippen molar-refractivity contribution in [2.75, 3.05) is 26.4 Å². The Morgan fingerprint density at radius 1 is 0.622 bits per heavy atom. The maximum absolute atomic E-state index is 13.8. The van der Waals surface area contributed by atoms with Gasteiger partial charge in [-0.2, -0.15) is 0 Å². The van der Waals surface area contributed by atoms with E-state index in [1.165, 1.54) is 0 Å². The minimum Gasteiger partial charge on any atom is -0.479 e. The summed E-state index contributed by atoms with van der Waals surface area (Å²) in [4.78, 5) is 40.6. The normalized spacial score (nSPS) is 49.5. The van der Waals surface area contributed by atoms with E-state index < -0.39 is 199 Å². The highest BCUT2D eigenvalue weighted by Crippen LogP contribution is 2.76. The average Bonchev–Trinajstić information content (AvgIpc) is 1.78. The van der Waals surface area contributed by atoms with E-state index in [9.17, 15) is 80.8 Å². The fourth-order valence-electron chi connectivity index (χ4n) is 16.4. The molecule has 3 heterocycles. The smallest absolute Gasteiger partial charge is 0.335 e. The van der Waals surface area contributed by atoms with Gasteiger partial charge in [0.15, 0.2) is 31.1 Å². The Morgan fingerprint density at radius 2 is 1.16 bits per heavy atom. The van der Waals surface area contributed by atoms with E-state index >= 15 is 0 Å². The van der Waals surface area contributed by atoms with E-state index in [0.717, 1.165) is 5.57 Å². The number of allylic oxidation sites excluding steroid dienone is 4. The predicted octanol–water partition coefficient (Wildman–Crippen LogP) is -0.375. The molecular formula is C58H90O24. The summed E-state index contributed by atoms with van der Waals surface area (Å²) in [6, 6.07) is 0. The van der Waals surface area contributed by atoms with Crippen molar-refractivity contribution in [2.45, 2.75) is 231 Å². The van der Waals surface area contributed by atoms with E-state index in [1.54, 1.807) is 39.8 Å². The first-order chi connectivity index (χ1) is 38.4. The van der Waals surface area contributed by atoms with Gasteiger partial charge >= 0.3 is 17.9 Å². The molecule has 20 unspecified atom stereocenters.